The van der Waals surface area contributed by atoms with E-state index in [1.165, 1.54) is 18.2 Å². The van der Waals surface area contributed by atoms with Gasteiger partial charge < -0.3 is 4.74 Å². The van der Waals surface area contributed by atoms with Gasteiger partial charge in [-0.05, 0) is 18.4 Å². The SMILES string of the molecule is COC(=O)[C@H]1C(/C=C/[Si](C)(C)C)[C@@H]1c1ccc(C)cc1. The molecule has 0 bridgehead atoms. The standard InChI is InChI=1S/C17H24O2Si/c1-12-6-8-13(9-7-12)15-14(10-11-20(3,4)5)16(15)17(18)19-2/h6-11,14-16H,1-5H3/b11-10+/t14?,15-,16-/m0/s1. The summed E-state index contributed by atoms with van der Waals surface area (Å²) in [5.41, 5.74) is 4.83. The fourth-order valence-corrected chi connectivity index (χ4v) is 3.43. The van der Waals surface area contributed by atoms with Crippen LogP contribution in [-0.2, 0) is 9.53 Å². The lowest BCUT2D eigenvalue weighted by molar-refractivity contribution is -0.142. The molecule has 0 aromatic heterocycles. The molecule has 3 atom stereocenters. The van der Waals surface area contributed by atoms with E-state index in [-0.39, 0.29) is 17.8 Å². The van der Waals surface area contributed by atoms with Crippen LogP contribution in [-0.4, -0.2) is 21.2 Å². The fourth-order valence-electron chi connectivity index (χ4n) is 2.63. The minimum Gasteiger partial charge on any atom is -0.469 e. The van der Waals surface area contributed by atoms with Crippen LogP contribution < -0.4 is 0 Å². The second-order valence-electron chi connectivity index (χ2n) is 6.79. The molecule has 0 aliphatic heterocycles. The Morgan fingerprint density at radius 3 is 2.30 bits per heavy atom. The van der Waals surface area contributed by atoms with E-state index in [2.05, 4.69) is 62.6 Å². The first kappa shape index (κ1) is 15.0. The number of ether oxygens (including phenoxy) is 1. The molecular formula is C17H24O2Si. The maximum Gasteiger partial charge on any atom is 0.309 e. The minimum absolute atomic E-state index is 0.00435. The lowest BCUT2D eigenvalue weighted by atomic mass is 10.1. The van der Waals surface area contributed by atoms with Crippen LogP contribution >= 0.6 is 0 Å². The lowest BCUT2D eigenvalue weighted by Gasteiger charge is -2.07. The van der Waals surface area contributed by atoms with Gasteiger partial charge in [0.15, 0.2) is 0 Å². The molecule has 20 heavy (non-hydrogen) atoms. The monoisotopic (exact) mass is 288 g/mol. The van der Waals surface area contributed by atoms with Crippen LogP contribution in [0.1, 0.15) is 17.0 Å². The Hall–Kier alpha value is -1.35. The van der Waals surface area contributed by atoms with Crippen molar-refractivity contribution >= 4 is 14.0 Å². The van der Waals surface area contributed by atoms with Crippen molar-refractivity contribution in [2.45, 2.75) is 32.5 Å². The zero-order chi connectivity index (χ0) is 14.9. The summed E-state index contributed by atoms with van der Waals surface area (Å²) in [6.07, 6.45) is 2.25. The summed E-state index contributed by atoms with van der Waals surface area (Å²) < 4.78 is 4.95. The van der Waals surface area contributed by atoms with E-state index in [4.69, 9.17) is 4.74 Å². The van der Waals surface area contributed by atoms with Crippen molar-refractivity contribution in [3.8, 4) is 0 Å². The molecule has 108 valence electrons. The average molecular weight is 288 g/mol. The van der Waals surface area contributed by atoms with Crippen LogP contribution in [0, 0.1) is 18.8 Å². The number of carbonyl (C=O) groups is 1. The number of benzene rings is 1. The topological polar surface area (TPSA) is 26.3 Å². The number of aryl methyl sites for hydroxylation is 1. The molecule has 2 rings (SSSR count). The van der Waals surface area contributed by atoms with Crippen LogP contribution in [0.5, 0.6) is 0 Å². The van der Waals surface area contributed by atoms with E-state index in [1.807, 2.05) is 0 Å². The predicted molar refractivity (Wildman–Crippen MR) is 85.4 cm³/mol. The first-order chi connectivity index (χ1) is 9.33. The van der Waals surface area contributed by atoms with E-state index >= 15 is 0 Å². The highest BCUT2D eigenvalue weighted by molar-refractivity contribution is 6.80. The first-order valence-electron chi connectivity index (χ1n) is 7.17. The number of carbonyl (C=O) groups excluding carboxylic acids is 1. The highest BCUT2D eigenvalue weighted by Crippen LogP contribution is 2.55. The van der Waals surface area contributed by atoms with Gasteiger partial charge in [0.1, 0.15) is 0 Å². The molecule has 0 radical (unpaired) electrons. The summed E-state index contributed by atoms with van der Waals surface area (Å²) in [6.45, 7) is 9.00. The van der Waals surface area contributed by atoms with Crippen molar-refractivity contribution in [2.75, 3.05) is 7.11 Å². The van der Waals surface area contributed by atoms with Crippen LogP contribution in [0.4, 0.5) is 0 Å². The average Bonchev–Trinajstić information content (AvgIpc) is 3.10. The number of rotatable bonds is 4. The maximum atomic E-state index is 11.9. The van der Waals surface area contributed by atoms with Gasteiger partial charge in [-0.1, -0.05) is 61.2 Å². The smallest absolute Gasteiger partial charge is 0.309 e. The Labute approximate surface area is 122 Å². The van der Waals surface area contributed by atoms with Gasteiger partial charge in [-0.25, -0.2) is 0 Å². The molecule has 1 fully saturated rings. The molecule has 1 unspecified atom stereocenters. The quantitative estimate of drug-likeness (QED) is 0.620. The third-order valence-corrected chi connectivity index (χ3v) is 5.02. The number of hydrogen-bond donors (Lipinski definition) is 0. The number of hydrogen-bond acceptors (Lipinski definition) is 2. The van der Waals surface area contributed by atoms with Gasteiger partial charge in [-0.3, -0.25) is 4.79 Å². The number of esters is 1. The van der Waals surface area contributed by atoms with Crippen LogP contribution in [0.2, 0.25) is 19.6 Å². The molecule has 0 amide bonds. The number of allylic oxidation sites excluding steroid dienone is 1. The summed E-state index contributed by atoms with van der Waals surface area (Å²) in [7, 11) is 0.252. The van der Waals surface area contributed by atoms with Crippen molar-refractivity contribution in [1.82, 2.24) is 0 Å². The fraction of sp³-hybridized carbons (Fsp3) is 0.471. The van der Waals surface area contributed by atoms with Crippen molar-refractivity contribution in [3.05, 3.63) is 47.2 Å². The molecule has 1 aromatic rings. The second kappa shape index (κ2) is 5.56. The van der Waals surface area contributed by atoms with E-state index in [9.17, 15) is 4.79 Å². The minimum atomic E-state index is -1.23. The van der Waals surface area contributed by atoms with Gasteiger partial charge in [0.2, 0.25) is 0 Å². The highest BCUT2D eigenvalue weighted by Gasteiger charge is 2.54. The first-order valence-corrected chi connectivity index (χ1v) is 10.7. The Balaban J connectivity index is 2.20. The zero-order valence-corrected chi connectivity index (χ0v) is 14.0. The van der Waals surface area contributed by atoms with Gasteiger partial charge in [0.25, 0.3) is 0 Å². The second-order valence-corrected chi connectivity index (χ2v) is 11.9. The van der Waals surface area contributed by atoms with Gasteiger partial charge in [-0.2, -0.15) is 0 Å². The molecule has 1 aliphatic rings. The van der Waals surface area contributed by atoms with Crippen LogP contribution in [0.25, 0.3) is 0 Å². The summed E-state index contributed by atoms with van der Waals surface area (Å²) in [4.78, 5) is 11.9. The highest BCUT2D eigenvalue weighted by atomic mass is 28.3. The molecule has 2 nitrogen and oxygen atoms in total. The molecule has 3 heteroatoms. The zero-order valence-electron chi connectivity index (χ0n) is 13.0. The van der Waals surface area contributed by atoms with Gasteiger partial charge >= 0.3 is 5.97 Å². The largest absolute Gasteiger partial charge is 0.469 e. The van der Waals surface area contributed by atoms with Gasteiger partial charge in [0.05, 0.1) is 21.1 Å². The third kappa shape index (κ3) is 3.40. The third-order valence-electron chi connectivity index (χ3n) is 3.83. The van der Waals surface area contributed by atoms with Crippen molar-refractivity contribution in [3.63, 3.8) is 0 Å². The maximum absolute atomic E-state index is 11.9. The Morgan fingerprint density at radius 1 is 1.20 bits per heavy atom. The molecule has 0 spiro atoms. The summed E-state index contributed by atoms with van der Waals surface area (Å²) in [6, 6.07) is 8.50. The summed E-state index contributed by atoms with van der Waals surface area (Å²) in [5.74, 6) is 0.503. The van der Waals surface area contributed by atoms with Crippen molar-refractivity contribution < 1.29 is 9.53 Å². The number of methoxy groups -OCH3 is 1. The molecule has 0 N–H and O–H groups in total. The molecule has 1 saturated carbocycles. The summed E-state index contributed by atoms with van der Waals surface area (Å²) in [5, 5.41) is 0. The van der Waals surface area contributed by atoms with Crippen LogP contribution in [0.15, 0.2) is 36.0 Å². The van der Waals surface area contributed by atoms with Crippen LogP contribution in [0.3, 0.4) is 0 Å². The molecule has 0 heterocycles. The molecular weight excluding hydrogens is 264 g/mol. The van der Waals surface area contributed by atoms with Crippen molar-refractivity contribution in [1.29, 1.82) is 0 Å². The lowest BCUT2D eigenvalue weighted by Crippen LogP contribution is -2.15. The Bertz CT molecular complexity index is 511. The molecule has 1 aromatic carbocycles. The van der Waals surface area contributed by atoms with Gasteiger partial charge in [0, 0.05) is 5.92 Å². The van der Waals surface area contributed by atoms with E-state index in [0.717, 1.165) is 0 Å². The van der Waals surface area contributed by atoms with E-state index in [1.54, 1.807) is 0 Å². The molecule has 1 aliphatic carbocycles. The Morgan fingerprint density at radius 2 is 1.80 bits per heavy atom. The normalized spacial score (nSPS) is 25.8. The van der Waals surface area contributed by atoms with Crippen molar-refractivity contribution in [2.24, 2.45) is 11.8 Å². The van der Waals surface area contributed by atoms with Gasteiger partial charge in [-0.15, -0.1) is 0 Å². The summed E-state index contributed by atoms with van der Waals surface area (Å²) >= 11 is 0. The van der Waals surface area contributed by atoms with E-state index < -0.39 is 8.07 Å². The Kier molecular flexibility index (Phi) is 4.19. The predicted octanol–water partition coefficient (Wildman–Crippen LogP) is 3.93. The molecule has 0 saturated heterocycles. The van der Waals surface area contributed by atoms with E-state index in [0.29, 0.717) is 5.92 Å².